The summed E-state index contributed by atoms with van der Waals surface area (Å²) in [7, 11) is 0. The molecule has 160 valence electrons. The number of hydrogen-bond acceptors (Lipinski definition) is 3. The van der Waals surface area contributed by atoms with E-state index in [4.69, 9.17) is 16.3 Å². The SMILES string of the molecule is O=C(COC(=O)C12C[C@@H]3C[C@H](CC(Cl)(C3)C1)C2)NCC12CC3CC(CC(C3)C1)C2. The van der Waals surface area contributed by atoms with Crippen molar-refractivity contribution in [2.24, 2.45) is 40.4 Å². The van der Waals surface area contributed by atoms with E-state index in [1.54, 1.807) is 0 Å². The highest BCUT2D eigenvalue weighted by atomic mass is 35.5. The summed E-state index contributed by atoms with van der Waals surface area (Å²) in [5, 5.41) is 3.13. The van der Waals surface area contributed by atoms with Crippen molar-refractivity contribution in [3.8, 4) is 0 Å². The molecule has 0 aromatic heterocycles. The smallest absolute Gasteiger partial charge is 0.312 e. The van der Waals surface area contributed by atoms with Crippen molar-refractivity contribution >= 4 is 23.5 Å². The van der Waals surface area contributed by atoms with Crippen molar-refractivity contribution in [1.82, 2.24) is 5.32 Å². The summed E-state index contributed by atoms with van der Waals surface area (Å²) >= 11 is 6.84. The molecule has 0 radical (unpaired) electrons. The van der Waals surface area contributed by atoms with Crippen molar-refractivity contribution < 1.29 is 14.3 Å². The lowest BCUT2D eigenvalue weighted by molar-refractivity contribution is -0.171. The first-order valence-corrected chi connectivity index (χ1v) is 12.3. The van der Waals surface area contributed by atoms with Gasteiger partial charge < -0.3 is 10.1 Å². The number of carbonyl (C=O) groups is 2. The number of alkyl halides is 1. The zero-order valence-corrected chi connectivity index (χ0v) is 18.1. The van der Waals surface area contributed by atoms with Gasteiger partial charge in [0, 0.05) is 11.4 Å². The second-order valence-electron chi connectivity index (χ2n) is 12.2. The van der Waals surface area contributed by atoms with E-state index in [1.165, 1.54) is 44.9 Å². The van der Waals surface area contributed by atoms with Crippen LogP contribution in [0.4, 0.5) is 0 Å². The first kappa shape index (κ1) is 19.0. The molecule has 0 aliphatic heterocycles. The van der Waals surface area contributed by atoms with Crippen LogP contribution in [-0.4, -0.2) is 29.9 Å². The predicted molar refractivity (Wildman–Crippen MR) is 110 cm³/mol. The van der Waals surface area contributed by atoms with Crippen LogP contribution in [-0.2, 0) is 14.3 Å². The van der Waals surface area contributed by atoms with Crippen LogP contribution in [0.5, 0.6) is 0 Å². The van der Waals surface area contributed by atoms with Crippen LogP contribution in [0.15, 0.2) is 0 Å². The van der Waals surface area contributed by atoms with Crippen LogP contribution in [0.2, 0.25) is 0 Å². The largest absolute Gasteiger partial charge is 0.455 e. The summed E-state index contributed by atoms with van der Waals surface area (Å²) < 4.78 is 5.60. The summed E-state index contributed by atoms with van der Waals surface area (Å²) in [5.41, 5.74) is -0.106. The van der Waals surface area contributed by atoms with E-state index in [0.29, 0.717) is 17.3 Å². The van der Waals surface area contributed by atoms with Crippen molar-refractivity contribution in [1.29, 1.82) is 0 Å². The van der Waals surface area contributed by atoms with Gasteiger partial charge in [-0.15, -0.1) is 11.6 Å². The van der Waals surface area contributed by atoms with Gasteiger partial charge in [-0.1, -0.05) is 0 Å². The van der Waals surface area contributed by atoms with E-state index in [2.05, 4.69) is 5.32 Å². The lowest BCUT2D eigenvalue weighted by atomic mass is 9.49. The Morgan fingerprint density at radius 3 is 1.93 bits per heavy atom. The molecule has 1 amide bonds. The molecule has 0 spiro atoms. The molecular weight excluding hydrogens is 386 g/mol. The Kier molecular flexibility index (Phi) is 4.16. The molecule has 0 unspecified atom stereocenters. The van der Waals surface area contributed by atoms with Gasteiger partial charge in [0.25, 0.3) is 5.91 Å². The summed E-state index contributed by atoms with van der Waals surface area (Å²) in [6.45, 7) is 0.643. The van der Waals surface area contributed by atoms with Gasteiger partial charge in [0.2, 0.25) is 0 Å². The van der Waals surface area contributed by atoms with Gasteiger partial charge in [-0.3, -0.25) is 9.59 Å². The molecule has 8 bridgehead atoms. The van der Waals surface area contributed by atoms with Gasteiger partial charge in [-0.2, -0.15) is 0 Å². The second-order valence-corrected chi connectivity index (χ2v) is 13.0. The highest BCUT2D eigenvalue weighted by molar-refractivity contribution is 6.24. The molecule has 8 rings (SSSR count). The highest BCUT2D eigenvalue weighted by Crippen LogP contribution is 2.64. The minimum atomic E-state index is -0.425. The Labute approximate surface area is 178 Å². The van der Waals surface area contributed by atoms with Crippen LogP contribution in [0, 0.1) is 40.4 Å². The summed E-state index contributed by atoms with van der Waals surface area (Å²) in [6.07, 6.45) is 13.9. The lowest BCUT2D eigenvalue weighted by Crippen LogP contribution is -2.56. The second kappa shape index (κ2) is 6.37. The number of halogens is 1. The number of nitrogens with one attached hydrogen (secondary N) is 1. The van der Waals surface area contributed by atoms with E-state index in [9.17, 15) is 9.59 Å². The van der Waals surface area contributed by atoms with Gasteiger partial charge in [0.1, 0.15) is 0 Å². The number of rotatable bonds is 5. The van der Waals surface area contributed by atoms with Crippen molar-refractivity contribution in [2.75, 3.05) is 13.2 Å². The Hall–Kier alpha value is -0.770. The highest BCUT2D eigenvalue weighted by Gasteiger charge is 2.61. The van der Waals surface area contributed by atoms with Gasteiger partial charge in [0.15, 0.2) is 6.61 Å². The van der Waals surface area contributed by atoms with Crippen molar-refractivity contribution in [3.05, 3.63) is 0 Å². The fourth-order valence-electron chi connectivity index (χ4n) is 9.52. The molecular formula is C24H34ClNO3. The van der Waals surface area contributed by atoms with Crippen LogP contribution in [0.1, 0.15) is 77.0 Å². The third-order valence-electron chi connectivity index (χ3n) is 9.58. The summed E-state index contributed by atoms with van der Waals surface area (Å²) in [4.78, 5) is 25.3. The Morgan fingerprint density at radius 2 is 1.38 bits per heavy atom. The van der Waals surface area contributed by atoms with E-state index in [0.717, 1.165) is 56.4 Å². The van der Waals surface area contributed by atoms with Gasteiger partial charge in [-0.05, 0) is 112 Å². The number of carbonyl (C=O) groups excluding carboxylic acids is 2. The molecule has 2 atom stereocenters. The maximum Gasteiger partial charge on any atom is 0.312 e. The fraction of sp³-hybridized carbons (Fsp3) is 0.917. The van der Waals surface area contributed by atoms with Crippen LogP contribution < -0.4 is 5.32 Å². The standard InChI is InChI=1S/C24H34ClNO3/c25-24-10-18-4-19(11-24)9-23(8-18,13-24)21(28)29-12-20(27)26-14-22-5-15-1-16(6-22)3-17(2-15)7-22/h15-19H,1-14H2,(H,26,27)/t15?,16?,17?,18-,19-,22?,23?,24?/m0/s1. The van der Waals surface area contributed by atoms with Crippen molar-refractivity contribution in [3.63, 3.8) is 0 Å². The van der Waals surface area contributed by atoms with Gasteiger partial charge >= 0.3 is 5.97 Å². The first-order valence-electron chi connectivity index (χ1n) is 12.0. The molecule has 8 fully saturated rings. The molecule has 0 aromatic carbocycles. The molecule has 8 saturated carbocycles. The van der Waals surface area contributed by atoms with E-state index < -0.39 is 5.41 Å². The number of ether oxygens (including phenoxy) is 1. The molecule has 29 heavy (non-hydrogen) atoms. The predicted octanol–water partition coefficient (Wildman–Crippen LogP) is 4.44. The molecule has 0 aromatic rings. The maximum atomic E-state index is 13.0. The van der Waals surface area contributed by atoms with Crippen LogP contribution >= 0.6 is 11.6 Å². The third kappa shape index (κ3) is 3.23. The fourth-order valence-corrected chi connectivity index (χ4v) is 10.2. The van der Waals surface area contributed by atoms with Crippen molar-refractivity contribution in [2.45, 2.75) is 81.9 Å². The molecule has 0 saturated heterocycles. The van der Waals surface area contributed by atoms with Crippen LogP contribution in [0.25, 0.3) is 0 Å². The normalized spacial score (nSPS) is 51.3. The minimum Gasteiger partial charge on any atom is -0.455 e. The molecule has 4 nitrogen and oxygen atoms in total. The zero-order valence-electron chi connectivity index (χ0n) is 17.4. The molecule has 1 N–H and O–H groups in total. The monoisotopic (exact) mass is 419 g/mol. The Bertz CT molecular complexity index is 684. The number of amides is 1. The van der Waals surface area contributed by atoms with Gasteiger partial charge in [-0.25, -0.2) is 0 Å². The van der Waals surface area contributed by atoms with Gasteiger partial charge in [0.05, 0.1) is 5.41 Å². The zero-order chi connectivity index (χ0) is 19.9. The lowest BCUT2D eigenvalue weighted by Gasteiger charge is -2.58. The molecule has 5 heteroatoms. The average Bonchev–Trinajstić information content (AvgIpc) is 2.61. The third-order valence-corrected chi connectivity index (χ3v) is 10.0. The molecule has 8 aliphatic carbocycles. The van der Waals surface area contributed by atoms with E-state index in [1.807, 2.05) is 0 Å². The Morgan fingerprint density at radius 1 is 0.828 bits per heavy atom. The number of esters is 1. The number of hydrogen-bond donors (Lipinski definition) is 1. The van der Waals surface area contributed by atoms with E-state index in [-0.39, 0.29) is 23.4 Å². The minimum absolute atomic E-state index is 0.126. The summed E-state index contributed by atoms with van der Waals surface area (Å²) in [6, 6.07) is 0. The summed E-state index contributed by atoms with van der Waals surface area (Å²) in [5.74, 6) is 3.48. The maximum absolute atomic E-state index is 13.0. The molecule has 0 heterocycles. The average molecular weight is 420 g/mol. The Balaban J connectivity index is 1.03. The quantitative estimate of drug-likeness (QED) is 0.529. The first-order chi connectivity index (χ1) is 13.8. The topological polar surface area (TPSA) is 55.4 Å². The van der Waals surface area contributed by atoms with Crippen LogP contribution in [0.3, 0.4) is 0 Å². The molecule has 8 aliphatic rings. The van der Waals surface area contributed by atoms with E-state index >= 15 is 0 Å².